The van der Waals surface area contributed by atoms with Gasteiger partial charge in [-0.25, -0.2) is 21.6 Å². The van der Waals surface area contributed by atoms with E-state index in [1.54, 1.807) is 0 Å². The molecule has 0 amide bonds. The number of hydrogen-bond acceptors (Lipinski definition) is 5. The Morgan fingerprint density at radius 3 is 2.35 bits per heavy atom. The summed E-state index contributed by atoms with van der Waals surface area (Å²) in [5.41, 5.74) is 0. The standard InChI is InChI=1S/C16H25N3O4S2.ClH/c20-24(21,18-14-6-5-9-17-13-14)15-7-4-8-16(12-15)25(22,23)19-10-2-1-3-11-19;/h4,7-8,12,14,17-18H,1-3,5-6,9-11,13H2;1H. The van der Waals surface area contributed by atoms with E-state index in [4.69, 9.17) is 0 Å². The highest BCUT2D eigenvalue weighted by molar-refractivity contribution is 7.90. The minimum Gasteiger partial charge on any atom is -0.315 e. The van der Waals surface area contributed by atoms with Crippen LogP contribution in [0.15, 0.2) is 34.1 Å². The van der Waals surface area contributed by atoms with E-state index in [0.717, 1.165) is 38.6 Å². The molecule has 1 aromatic carbocycles. The molecule has 0 aromatic heterocycles. The second-order valence-electron chi connectivity index (χ2n) is 6.60. The van der Waals surface area contributed by atoms with Gasteiger partial charge >= 0.3 is 0 Å². The Kier molecular flexibility index (Phi) is 7.46. The van der Waals surface area contributed by atoms with Crippen LogP contribution in [0.5, 0.6) is 0 Å². The largest absolute Gasteiger partial charge is 0.315 e. The zero-order valence-corrected chi connectivity index (χ0v) is 17.0. The van der Waals surface area contributed by atoms with Gasteiger partial charge in [-0.1, -0.05) is 12.5 Å². The monoisotopic (exact) mass is 423 g/mol. The van der Waals surface area contributed by atoms with E-state index in [1.165, 1.54) is 28.6 Å². The molecule has 3 rings (SSSR count). The Balaban J connectivity index is 0.00000243. The Hall–Kier alpha value is -0.710. The van der Waals surface area contributed by atoms with Crippen molar-refractivity contribution in [3.63, 3.8) is 0 Å². The first kappa shape index (κ1) is 21.6. The predicted molar refractivity (Wildman–Crippen MR) is 103 cm³/mol. The summed E-state index contributed by atoms with van der Waals surface area (Å²) in [5, 5.41) is 3.16. The van der Waals surface area contributed by atoms with Gasteiger partial charge in [0.2, 0.25) is 20.0 Å². The molecule has 148 valence electrons. The second-order valence-corrected chi connectivity index (χ2v) is 10.3. The highest BCUT2D eigenvalue weighted by Crippen LogP contribution is 2.23. The molecule has 1 unspecified atom stereocenters. The van der Waals surface area contributed by atoms with E-state index >= 15 is 0 Å². The van der Waals surface area contributed by atoms with Crippen LogP contribution in [0.3, 0.4) is 0 Å². The molecule has 2 saturated heterocycles. The molecule has 7 nitrogen and oxygen atoms in total. The highest BCUT2D eigenvalue weighted by Gasteiger charge is 2.28. The Labute approximate surface area is 162 Å². The summed E-state index contributed by atoms with van der Waals surface area (Å²) in [6.07, 6.45) is 4.40. The van der Waals surface area contributed by atoms with Crippen molar-refractivity contribution in [2.24, 2.45) is 0 Å². The smallest absolute Gasteiger partial charge is 0.243 e. The van der Waals surface area contributed by atoms with Gasteiger partial charge in [0.1, 0.15) is 0 Å². The first-order valence-electron chi connectivity index (χ1n) is 8.73. The van der Waals surface area contributed by atoms with Crippen molar-refractivity contribution in [2.45, 2.75) is 47.9 Å². The van der Waals surface area contributed by atoms with Gasteiger partial charge in [0, 0.05) is 25.7 Å². The molecule has 0 aliphatic carbocycles. The lowest BCUT2D eigenvalue weighted by Crippen LogP contribution is -2.45. The molecular formula is C16H26ClN3O4S2. The lowest BCUT2D eigenvalue weighted by atomic mass is 10.1. The van der Waals surface area contributed by atoms with E-state index in [1.807, 2.05) is 0 Å². The lowest BCUT2D eigenvalue weighted by molar-refractivity contribution is 0.346. The number of sulfonamides is 2. The average molecular weight is 424 g/mol. The van der Waals surface area contributed by atoms with E-state index in [0.29, 0.717) is 19.6 Å². The first-order valence-corrected chi connectivity index (χ1v) is 11.7. The summed E-state index contributed by atoms with van der Waals surface area (Å²) >= 11 is 0. The van der Waals surface area contributed by atoms with E-state index in [-0.39, 0.29) is 28.2 Å². The van der Waals surface area contributed by atoms with Crippen LogP contribution in [0, 0.1) is 0 Å². The number of halogens is 1. The normalized spacial score (nSPS) is 22.5. The number of piperidine rings is 2. The molecule has 2 fully saturated rings. The summed E-state index contributed by atoms with van der Waals surface area (Å²) in [7, 11) is -7.40. The molecule has 1 atom stereocenters. The summed E-state index contributed by atoms with van der Waals surface area (Å²) in [6.45, 7) is 2.46. The minimum atomic E-state index is -3.75. The fourth-order valence-electron chi connectivity index (χ4n) is 3.30. The van der Waals surface area contributed by atoms with E-state index in [9.17, 15) is 16.8 Å². The third-order valence-electron chi connectivity index (χ3n) is 4.69. The van der Waals surface area contributed by atoms with Crippen molar-refractivity contribution in [3.05, 3.63) is 24.3 Å². The van der Waals surface area contributed by atoms with Crippen LogP contribution in [-0.2, 0) is 20.0 Å². The van der Waals surface area contributed by atoms with Gasteiger partial charge in [-0.05, 0) is 50.4 Å². The summed E-state index contributed by atoms with van der Waals surface area (Å²) < 4.78 is 54.8. The van der Waals surface area contributed by atoms with Crippen LogP contribution in [0.1, 0.15) is 32.1 Å². The number of benzene rings is 1. The highest BCUT2D eigenvalue weighted by atomic mass is 35.5. The van der Waals surface area contributed by atoms with Gasteiger partial charge in [-0.15, -0.1) is 12.4 Å². The number of nitrogens with zero attached hydrogens (tertiary/aromatic N) is 1. The second kappa shape index (κ2) is 8.99. The maximum absolute atomic E-state index is 12.8. The average Bonchev–Trinajstić information content (AvgIpc) is 2.63. The molecule has 2 heterocycles. The topological polar surface area (TPSA) is 95.6 Å². The Morgan fingerprint density at radius 1 is 1.00 bits per heavy atom. The molecule has 1 aromatic rings. The number of hydrogen-bond donors (Lipinski definition) is 2. The lowest BCUT2D eigenvalue weighted by Gasteiger charge is -2.26. The van der Waals surface area contributed by atoms with Gasteiger partial charge < -0.3 is 5.32 Å². The van der Waals surface area contributed by atoms with Crippen LogP contribution < -0.4 is 10.0 Å². The zero-order valence-electron chi connectivity index (χ0n) is 14.6. The van der Waals surface area contributed by atoms with Crippen molar-refractivity contribution in [3.8, 4) is 0 Å². The van der Waals surface area contributed by atoms with Crippen molar-refractivity contribution < 1.29 is 16.8 Å². The SMILES string of the molecule is Cl.O=S(=O)(NC1CCCNC1)c1cccc(S(=O)(=O)N2CCCCC2)c1. The number of rotatable bonds is 5. The fraction of sp³-hybridized carbons (Fsp3) is 0.625. The van der Waals surface area contributed by atoms with Gasteiger partial charge in [0.15, 0.2) is 0 Å². The van der Waals surface area contributed by atoms with Crippen molar-refractivity contribution >= 4 is 32.5 Å². The Morgan fingerprint density at radius 2 is 1.69 bits per heavy atom. The van der Waals surface area contributed by atoms with Crippen molar-refractivity contribution in [1.82, 2.24) is 14.3 Å². The zero-order chi connectivity index (χ0) is 17.9. The third-order valence-corrected chi connectivity index (χ3v) is 8.10. The van der Waals surface area contributed by atoms with Crippen LogP contribution >= 0.6 is 12.4 Å². The molecular weight excluding hydrogens is 398 g/mol. The number of nitrogens with one attached hydrogen (secondary N) is 2. The van der Waals surface area contributed by atoms with Gasteiger partial charge in [-0.3, -0.25) is 0 Å². The molecule has 10 heteroatoms. The molecule has 0 bridgehead atoms. The van der Waals surface area contributed by atoms with Gasteiger partial charge in [-0.2, -0.15) is 4.31 Å². The maximum atomic E-state index is 12.8. The van der Waals surface area contributed by atoms with Crippen molar-refractivity contribution in [2.75, 3.05) is 26.2 Å². The fourth-order valence-corrected chi connectivity index (χ4v) is 6.25. The first-order chi connectivity index (χ1) is 11.9. The van der Waals surface area contributed by atoms with E-state index in [2.05, 4.69) is 10.0 Å². The predicted octanol–water partition coefficient (Wildman–Crippen LogP) is 1.31. The summed E-state index contributed by atoms with van der Waals surface area (Å²) in [5.74, 6) is 0. The molecule has 0 radical (unpaired) electrons. The molecule has 0 spiro atoms. The molecule has 0 saturated carbocycles. The van der Waals surface area contributed by atoms with Gasteiger partial charge in [0.25, 0.3) is 0 Å². The van der Waals surface area contributed by atoms with Crippen molar-refractivity contribution in [1.29, 1.82) is 0 Å². The minimum absolute atomic E-state index is 0. The molecule has 2 aliphatic rings. The van der Waals surface area contributed by atoms with Crippen LogP contribution in [-0.4, -0.2) is 53.4 Å². The summed E-state index contributed by atoms with van der Waals surface area (Å²) in [6, 6.07) is 5.49. The van der Waals surface area contributed by atoms with Gasteiger partial charge in [0.05, 0.1) is 9.79 Å². The van der Waals surface area contributed by atoms with Crippen LogP contribution in [0.25, 0.3) is 0 Å². The summed E-state index contributed by atoms with van der Waals surface area (Å²) in [4.78, 5) is 0.0372. The Bertz CT molecular complexity index is 803. The van der Waals surface area contributed by atoms with Crippen LogP contribution in [0.2, 0.25) is 0 Å². The maximum Gasteiger partial charge on any atom is 0.243 e. The quantitative estimate of drug-likeness (QED) is 0.744. The molecule has 2 aliphatic heterocycles. The van der Waals surface area contributed by atoms with Crippen LogP contribution in [0.4, 0.5) is 0 Å². The molecule has 2 N–H and O–H groups in total. The van der Waals surface area contributed by atoms with E-state index < -0.39 is 20.0 Å². The molecule has 26 heavy (non-hydrogen) atoms. The third kappa shape index (κ3) is 4.96.